The molecule has 0 spiro atoms. The number of carbonyl (C=O) groups excluding carboxylic acids is 2. The maximum atomic E-state index is 12.5. The van der Waals surface area contributed by atoms with E-state index in [2.05, 4.69) is 9.35 Å². The molecule has 2 aromatic rings. The Morgan fingerprint density at radius 3 is 2.27 bits per heavy atom. The molecule has 0 saturated carbocycles. The summed E-state index contributed by atoms with van der Waals surface area (Å²) in [5, 5.41) is 1.97. The Bertz CT molecular complexity index is 951. The lowest BCUT2D eigenvalue weighted by Gasteiger charge is -2.08. The molecule has 0 fully saturated rings. The molecule has 0 bridgehead atoms. The topological polar surface area (TPSA) is 88.5 Å². The van der Waals surface area contributed by atoms with Crippen molar-refractivity contribution in [2.24, 2.45) is 4.36 Å². The summed E-state index contributed by atoms with van der Waals surface area (Å²) in [6, 6.07) is 5.94. The lowest BCUT2D eigenvalue weighted by Crippen LogP contribution is -2.28. The van der Waals surface area contributed by atoms with Gasteiger partial charge in [-0.3, -0.25) is 10.1 Å². The molecule has 6 nitrogen and oxygen atoms in total. The van der Waals surface area contributed by atoms with Crippen LogP contribution in [0, 0.1) is 0 Å². The van der Waals surface area contributed by atoms with E-state index in [-0.39, 0.29) is 10.6 Å². The molecule has 26 heavy (non-hydrogen) atoms. The van der Waals surface area contributed by atoms with Gasteiger partial charge in [-0.25, -0.2) is 14.0 Å². The van der Waals surface area contributed by atoms with Crippen molar-refractivity contribution in [2.75, 3.05) is 6.26 Å². The Kier molecular flexibility index (Phi) is 5.67. The lowest BCUT2D eigenvalue weighted by atomic mass is 10.2. The summed E-state index contributed by atoms with van der Waals surface area (Å²) in [5.74, 6) is -0.800. The minimum atomic E-state index is -4.60. The number of halogens is 4. The Hall–Kier alpha value is -2.46. The van der Waals surface area contributed by atoms with Gasteiger partial charge in [-0.2, -0.15) is 13.2 Å². The number of hydrogen-bond donors (Lipinski definition) is 1. The lowest BCUT2D eigenvalue weighted by molar-refractivity contribution is -0.137. The number of imide groups is 1. The van der Waals surface area contributed by atoms with Crippen molar-refractivity contribution in [2.45, 2.75) is 11.2 Å². The van der Waals surface area contributed by atoms with E-state index in [9.17, 15) is 27.0 Å². The molecular formula is C15H11ClF3N3O3S. The molecule has 1 atom stereocenters. The molecule has 0 saturated heterocycles. The number of rotatable bonds is 2. The zero-order valence-electron chi connectivity index (χ0n) is 13.1. The van der Waals surface area contributed by atoms with Crippen LogP contribution in [0.1, 0.15) is 15.9 Å². The van der Waals surface area contributed by atoms with Gasteiger partial charge in [-0.05, 0) is 36.4 Å². The highest BCUT2D eigenvalue weighted by molar-refractivity contribution is 7.93. The second kappa shape index (κ2) is 7.42. The zero-order valence-corrected chi connectivity index (χ0v) is 14.7. The second-order valence-corrected chi connectivity index (χ2v) is 7.69. The molecule has 0 radical (unpaired) electrons. The Morgan fingerprint density at radius 2 is 1.77 bits per heavy atom. The number of aromatic nitrogens is 1. The normalized spacial score (nSPS) is 13.6. The van der Waals surface area contributed by atoms with E-state index in [4.69, 9.17) is 11.6 Å². The highest BCUT2D eigenvalue weighted by Crippen LogP contribution is 2.28. The van der Waals surface area contributed by atoms with Crippen LogP contribution in [0.25, 0.3) is 0 Å². The maximum absolute atomic E-state index is 12.5. The number of urea groups is 1. The Morgan fingerprint density at radius 1 is 1.15 bits per heavy atom. The SMILES string of the molecule is C[S@](=O)(=NC(=O)NC(=O)c1ccc(Cl)cc1)c1ccc(C(F)(F)F)cn1. The number of amides is 3. The van der Waals surface area contributed by atoms with E-state index >= 15 is 0 Å². The van der Waals surface area contributed by atoms with Crippen LogP contribution >= 0.6 is 11.6 Å². The number of nitrogens with one attached hydrogen (secondary N) is 1. The maximum Gasteiger partial charge on any atom is 0.417 e. The van der Waals surface area contributed by atoms with Crippen molar-refractivity contribution in [1.29, 1.82) is 0 Å². The number of carbonyl (C=O) groups is 2. The second-order valence-electron chi connectivity index (χ2n) is 5.04. The summed E-state index contributed by atoms with van der Waals surface area (Å²) in [4.78, 5) is 27.1. The summed E-state index contributed by atoms with van der Waals surface area (Å²) in [6.07, 6.45) is -3.08. The molecule has 0 aliphatic carbocycles. The van der Waals surface area contributed by atoms with Gasteiger partial charge < -0.3 is 0 Å². The van der Waals surface area contributed by atoms with Gasteiger partial charge in [0.05, 0.1) is 15.3 Å². The number of alkyl halides is 3. The van der Waals surface area contributed by atoms with Gasteiger partial charge in [0.1, 0.15) is 5.03 Å². The van der Waals surface area contributed by atoms with Crippen LogP contribution in [0.3, 0.4) is 0 Å². The van der Waals surface area contributed by atoms with Crippen molar-refractivity contribution >= 4 is 33.3 Å². The summed E-state index contributed by atoms with van der Waals surface area (Å²) < 4.78 is 53.3. The monoisotopic (exact) mass is 405 g/mol. The first-order chi connectivity index (χ1) is 12.0. The highest BCUT2D eigenvalue weighted by atomic mass is 35.5. The predicted molar refractivity (Wildman–Crippen MR) is 88.3 cm³/mol. The molecule has 1 aromatic heterocycles. The van der Waals surface area contributed by atoms with Crippen molar-refractivity contribution in [3.8, 4) is 0 Å². The fourth-order valence-corrected chi connectivity index (χ4v) is 2.92. The van der Waals surface area contributed by atoms with E-state index in [1.54, 1.807) is 0 Å². The summed E-state index contributed by atoms with van der Waals surface area (Å²) in [7, 11) is -3.45. The van der Waals surface area contributed by atoms with Crippen LogP contribution in [0.15, 0.2) is 52.0 Å². The first kappa shape index (κ1) is 19.9. The number of nitrogens with zero attached hydrogens (tertiary/aromatic N) is 2. The fraction of sp³-hybridized carbons (Fsp3) is 0.133. The number of benzene rings is 1. The van der Waals surface area contributed by atoms with Crippen LogP contribution in [-0.4, -0.2) is 27.4 Å². The molecule has 2 rings (SSSR count). The van der Waals surface area contributed by atoms with Crippen LogP contribution in [0.5, 0.6) is 0 Å². The first-order valence-corrected chi connectivity index (χ1v) is 9.15. The zero-order chi connectivity index (χ0) is 19.5. The van der Waals surface area contributed by atoms with E-state index in [0.717, 1.165) is 12.3 Å². The van der Waals surface area contributed by atoms with Gasteiger partial charge in [0.15, 0.2) is 0 Å². The largest absolute Gasteiger partial charge is 0.417 e. The molecule has 3 amide bonds. The smallest absolute Gasteiger partial charge is 0.272 e. The third-order valence-electron chi connectivity index (χ3n) is 3.04. The van der Waals surface area contributed by atoms with Gasteiger partial charge >= 0.3 is 12.2 Å². The van der Waals surface area contributed by atoms with Crippen molar-refractivity contribution in [3.63, 3.8) is 0 Å². The molecule has 138 valence electrons. The number of pyridine rings is 1. The van der Waals surface area contributed by atoms with Crippen molar-refractivity contribution in [3.05, 3.63) is 58.7 Å². The minimum absolute atomic E-state index is 0.119. The molecule has 0 aliphatic heterocycles. The van der Waals surface area contributed by atoms with Gasteiger partial charge in [0.25, 0.3) is 5.91 Å². The third kappa shape index (κ3) is 5.02. The van der Waals surface area contributed by atoms with Gasteiger partial charge in [-0.1, -0.05) is 11.6 Å². The molecule has 11 heteroatoms. The van der Waals surface area contributed by atoms with Crippen molar-refractivity contribution < 1.29 is 27.0 Å². The van der Waals surface area contributed by atoms with E-state index < -0.39 is 33.4 Å². The Balaban J connectivity index is 2.18. The minimum Gasteiger partial charge on any atom is -0.272 e. The van der Waals surface area contributed by atoms with E-state index in [1.165, 1.54) is 24.3 Å². The van der Waals surface area contributed by atoms with Gasteiger partial charge in [-0.15, -0.1) is 4.36 Å². The quantitative estimate of drug-likeness (QED) is 0.823. The molecule has 1 N–H and O–H groups in total. The van der Waals surface area contributed by atoms with Gasteiger partial charge in [0.2, 0.25) is 0 Å². The first-order valence-electron chi connectivity index (χ1n) is 6.85. The van der Waals surface area contributed by atoms with Crippen LogP contribution in [-0.2, 0) is 15.9 Å². The summed E-state index contributed by atoms with van der Waals surface area (Å²) in [5.41, 5.74) is -0.910. The number of hydrogen-bond acceptors (Lipinski definition) is 4. The molecule has 0 aliphatic rings. The molecule has 1 aromatic carbocycles. The molecule has 1 heterocycles. The van der Waals surface area contributed by atoms with E-state index in [0.29, 0.717) is 17.3 Å². The van der Waals surface area contributed by atoms with E-state index in [1.807, 2.05) is 5.32 Å². The molecular weight excluding hydrogens is 395 g/mol. The van der Waals surface area contributed by atoms with Crippen LogP contribution < -0.4 is 5.32 Å². The Labute approximate surface area is 151 Å². The van der Waals surface area contributed by atoms with Crippen LogP contribution in [0.4, 0.5) is 18.0 Å². The average molecular weight is 406 g/mol. The summed E-state index contributed by atoms with van der Waals surface area (Å²) in [6.45, 7) is 0. The van der Waals surface area contributed by atoms with Gasteiger partial charge in [0, 0.05) is 23.0 Å². The summed E-state index contributed by atoms with van der Waals surface area (Å²) >= 11 is 5.68. The fourth-order valence-electron chi connectivity index (χ4n) is 1.77. The highest BCUT2D eigenvalue weighted by Gasteiger charge is 2.31. The molecule has 0 unspecified atom stereocenters. The third-order valence-corrected chi connectivity index (χ3v) is 4.82. The average Bonchev–Trinajstić information content (AvgIpc) is 2.54. The van der Waals surface area contributed by atoms with Crippen molar-refractivity contribution in [1.82, 2.24) is 10.3 Å². The predicted octanol–water partition coefficient (Wildman–Crippen LogP) is 3.76. The van der Waals surface area contributed by atoms with Crippen LogP contribution in [0.2, 0.25) is 5.02 Å². The standard InChI is InChI=1S/C15H11ClF3N3O3S/c1-26(25,12-7-4-10(8-20-12)15(17,18)19)22-14(24)21-13(23)9-2-5-11(16)6-3-9/h2-8H,1H3,(H,21,23,24)/t26-/m1/s1.